The van der Waals surface area contributed by atoms with Crippen LogP contribution in [0.3, 0.4) is 0 Å². The molecule has 0 saturated heterocycles. The fourth-order valence-electron chi connectivity index (χ4n) is 1.24. The minimum Gasteiger partial charge on any atom is -0.392 e. The molecule has 1 unspecified atom stereocenters. The van der Waals surface area contributed by atoms with E-state index in [1.54, 1.807) is 30.1 Å². The molecule has 0 aliphatic rings. The summed E-state index contributed by atoms with van der Waals surface area (Å²) in [5.41, 5.74) is -0.794. The number of ether oxygens (including phenoxy) is 1. The van der Waals surface area contributed by atoms with Crippen LogP contribution in [-0.4, -0.2) is 41.1 Å². The molecule has 0 saturated carbocycles. The molecule has 114 valence electrons. The van der Waals surface area contributed by atoms with Gasteiger partial charge in [-0.25, -0.2) is 4.79 Å². The minimum atomic E-state index is -0.405. The lowest BCUT2D eigenvalue weighted by molar-refractivity contribution is 0.0618. The predicted octanol–water partition coefficient (Wildman–Crippen LogP) is 0.473. The topological polar surface area (TPSA) is 93.5 Å². The van der Waals surface area contributed by atoms with Crippen LogP contribution in [0.4, 0.5) is 0 Å². The van der Waals surface area contributed by atoms with E-state index in [1.807, 2.05) is 0 Å². The molecule has 0 radical (unpaired) electrons. The zero-order valence-corrected chi connectivity index (χ0v) is 13.4. The van der Waals surface area contributed by atoms with Crippen molar-refractivity contribution in [3.63, 3.8) is 0 Å². The molecule has 1 aromatic heterocycles. The predicted molar refractivity (Wildman–Crippen MR) is 84.0 cm³/mol. The Labute approximate surface area is 130 Å². The van der Waals surface area contributed by atoms with Gasteiger partial charge in [0.1, 0.15) is 23.0 Å². The van der Waals surface area contributed by atoms with Crippen LogP contribution in [0.15, 0.2) is 34.5 Å². The first-order chi connectivity index (χ1) is 9.58. The maximum atomic E-state index is 11.3. The second kappa shape index (κ2) is 11.8. The normalized spacial score (nSPS) is 11.3. The number of hydrogen-bond donors (Lipinski definition) is 2. The average Bonchev–Trinajstić information content (AvgIpc) is 2.45. The number of rotatable bonds is 7. The molecular formula is C12H19IN2O5. The summed E-state index contributed by atoms with van der Waals surface area (Å²) in [5, 5.41) is 7.76. The van der Waals surface area contributed by atoms with E-state index in [-0.39, 0.29) is 18.3 Å². The van der Waals surface area contributed by atoms with Gasteiger partial charge in [-0.1, -0.05) is 6.08 Å². The first-order valence-corrected chi connectivity index (χ1v) is 6.75. The molecule has 0 fully saturated rings. The van der Waals surface area contributed by atoms with E-state index in [0.717, 1.165) is 0 Å². The molecule has 0 spiro atoms. The van der Waals surface area contributed by atoms with E-state index in [1.165, 1.54) is 22.9 Å². The van der Waals surface area contributed by atoms with E-state index >= 15 is 0 Å². The maximum absolute atomic E-state index is 11.3. The molecule has 8 heteroatoms. The van der Waals surface area contributed by atoms with Gasteiger partial charge < -0.3 is 17.5 Å². The van der Waals surface area contributed by atoms with Crippen LogP contribution in [-0.2, 0) is 14.3 Å². The van der Waals surface area contributed by atoms with Crippen molar-refractivity contribution in [2.24, 2.45) is 0 Å². The van der Waals surface area contributed by atoms with Crippen molar-refractivity contribution in [1.29, 1.82) is 0 Å². The summed E-state index contributed by atoms with van der Waals surface area (Å²) >= 11 is 1.80. The number of aliphatic hydroxyl groups is 1. The van der Waals surface area contributed by atoms with Crippen molar-refractivity contribution in [2.75, 3.05) is 20.3 Å². The van der Waals surface area contributed by atoms with E-state index in [4.69, 9.17) is 12.9 Å². The van der Waals surface area contributed by atoms with Crippen molar-refractivity contribution in [2.45, 2.75) is 19.1 Å². The molecule has 0 aliphatic heterocycles. The highest BCUT2D eigenvalue weighted by Gasteiger charge is 2.07. The Morgan fingerprint density at radius 1 is 1.60 bits per heavy atom. The van der Waals surface area contributed by atoms with Crippen molar-refractivity contribution in [3.8, 4) is 0 Å². The summed E-state index contributed by atoms with van der Waals surface area (Å²) in [6, 6.07) is 1.32. The molecule has 2 N–H and O–H groups in total. The fraction of sp³-hybridized carbons (Fsp3) is 0.500. The number of H-pyrrole nitrogens is 1. The number of aromatic nitrogens is 2. The van der Waals surface area contributed by atoms with Crippen molar-refractivity contribution < 1.29 is 12.9 Å². The van der Waals surface area contributed by atoms with Crippen LogP contribution in [0.25, 0.3) is 0 Å². The third kappa shape index (κ3) is 8.25. The lowest BCUT2D eigenvalue weighted by Gasteiger charge is -2.13. The largest absolute Gasteiger partial charge is 0.392 e. The number of halogens is 1. The molecule has 0 bridgehead atoms. The van der Waals surface area contributed by atoms with Crippen LogP contribution in [0, 0.1) is 0 Å². The zero-order chi connectivity index (χ0) is 15.4. The van der Waals surface area contributed by atoms with Crippen molar-refractivity contribution in [3.05, 3.63) is 45.8 Å². The van der Waals surface area contributed by atoms with Gasteiger partial charge in [0.05, 0.1) is 19.3 Å². The maximum Gasteiger partial charge on any atom is 0.328 e. The highest BCUT2D eigenvalue weighted by molar-refractivity contribution is 14.1. The lowest BCUT2D eigenvalue weighted by Crippen LogP contribution is -2.30. The summed E-state index contributed by atoms with van der Waals surface area (Å²) < 4.78 is 11.5. The quantitative estimate of drug-likeness (QED) is 0.515. The number of hydrogen-bond acceptors (Lipinski definition) is 5. The van der Waals surface area contributed by atoms with E-state index in [9.17, 15) is 9.59 Å². The molecule has 1 rings (SSSR count). The Balaban J connectivity index is 0.000000796. The Hall–Kier alpha value is -0.970. The highest BCUT2D eigenvalue weighted by atomic mass is 127. The Morgan fingerprint density at radius 3 is 2.70 bits per heavy atom. The summed E-state index contributed by atoms with van der Waals surface area (Å²) in [4.78, 5) is 24.3. The van der Waals surface area contributed by atoms with Gasteiger partial charge in [0.2, 0.25) is 0 Å². The number of nitrogens with one attached hydrogen (secondary N) is 1. The van der Waals surface area contributed by atoms with Crippen LogP contribution in [0.5, 0.6) is 0 Å². The van der Waals surface area contributed by atoms with Gasteiger partial charge in [-0.3, -0.25) is 9.78 Å². The Morgan fingerprint density at radius 2 is 2.25 bits per heavy atom. The fourth-order valence-corrected chi connectivity index (χ4v) is 1.64. The first-order valence-electron chi connectivity index (χ1n) is 5.86. The van der Waals surface area contributed by atoms with E-state index in [2.05, 4.69) is 11.6 Å². The SMILES string of the molecule is C=CCO.COC(CCn1ccc(=O)[nH]c1=O)COI. The molecule has 1 heterocycles. The standard InChI is InChI=1S/C9H13IN2O4.C3H6O/c1-15-7(6-16-10)2-4-12-5-3-8(13)11-9(12)14;1-2-3-4/h3,5,7H,2,4,6H2,1H3,(H,11,13,14);2,4H,1,3H2. The lowest BCUT2D eigenvalue weighted by atomic mass is 10.2. The summed E-state index contributed by atoms with van der Waals surface area (Å²) in [5.74, 6) is 0. The number of nitrogens with zero attached hydrogens (tertiary/aromatic N) is 1. The van der Waals surface area contributed by atoms with Crippen molar-refractivity contribution >= 4 is 23.0 Å². The third-order valence-corrected chi connectivity index (χ3v) is 2.66. The zero-order valence-electron chi connectivity index (χ0n) is 11.3. The summed E-state index contributed by atoms with van der Waals surface area (Å²) in [6.07, 6.45) is 3.49. The smallest absolute Gasteiger partial charge is 0.328 e. The summed E-state index contributed by atoms with van der Waals surface area (Å²) in [6.45, 7) is 4.26. The first kappa shape index (κ1) is 19.0. The van der Waals surface area contributed by atoms with E-state index in [0.29, 0.717) is 19.6 Å². The molecular weight excluding hydrogens is 379 g/mol. The molecule has 0 aliphatic carbocycles. The summed E-state index contributed by atoms with van der Waals surface area (Å²) in [7, 11) is 1.59. The second-order valence-corrected chi connectivity index (χ2v) is 4.32. The monoisotopic (exact) mass is 398 g/mol. The Kier molecular flexibility index (Phi) is 11.3. The number of methoxy groups -OCH3 is 1. The van der Waals surface area contributed by atoms with Crippen LogP contribution < -0.4 is 11.2 Å². The van der Waals surface area contributed by atoms with Gasteiger partial charge in [-0.05, 0) is 6.42 Å². The van der Waals surface area contributed by atoms with Gasteiger partial charge in [0.25, 0.3) is 5.56 Å². The van der Waals surface area contributed by atoms with Gasteiger partial charge in [0.15, 0.2) is 0 Å². The molecule has 0 aromatic carbocycles. The van der Waals surface area contributed by atoms with Crippen LogP contribution >= 0.6 is 23.0 Å². The average molecular weight is 398 g/mol. The van der Waals surface area contributed by atoms with Gasteiger partial charge >= 0.3 is 5.69 Å². The van der Waals surface area contributed by atoms with Gasteiger partial charge in [-0.15, -0.1) is 6.58 Å². The van der Waals surface area contributed by atoms with Gasteiger partial charge in [-0.2, -0.15) is 0 Å². The number of aliphatic hydroxyl groups excluding tert-OH is 1. The third-order valence-electron chi connectivity index (χ3n) is 2.30. The van der Waals surface area contributed by atoms with Crippen molar-refractivity contribution in [1.82, 2.24) is 9.55 Å². The van der Waals surface area contributed by atoms with Crippen LogP contribution in [0.2, 0.25) is 0 Å². The second-order valence-electron chi connectivity index (χ2n) is 3.70. The molecule has 1 atom stereocenters. The Bertz CT molecular complexity index is 485. The highest BCUT2D eigenvalue weighted by Crippen LogP contribution is 2.02. The molecule has 0 amide bonds. The molecule has 20 heavy (non-hydrogen) atoms. The minimum absolute atomic E-state index is 0.0595. The molecule has 7 nitrogen and oxygen atoms in total. The molecule has 1 aromatic rings. The number of aryl methyl sites for hydroxylation is 1. The van der Waals surface area contributed by atoms with E-state index < -0.39 is 5.69 Å². The van der Waals surface area contributed by atoms with Gasteiger partial charge in [0, 0.05) is 25.9 Å². The van der Waals surface area contributed by atoms with Crippen LogP contribution in [0.1, 0.15) is 6.42 Å². The number of aromatic amines is 1.